The number of hydrogen-bond acceptors (Lipinski definition) is 5. The Kier molecular flexibility index (Phi) is 7.97. The molecule has 0 radical (unpaired) electrons. The predicted molar refractivity (Wildman–Crippen MR) is 81.1 cm³/mol. The SMILES string of the molecule is CNC(CCOCCCOC)(C(=O)OC)c1ccccc1. The van der Waals surface area contributed by atoms with E-state index >= 15 is 0 Å². The molecule has 1 aromatic carbocycles. The molecule has 0 aliphatic rings. The van der Waals surface area contributed by atoms with Crippen molar-refractivity contribution < 1.29 is 19.0 Å². The van der Waals surface area contributed by atoms with Crippen LogP contribution in [-0.4, -0.2) is 47.1 Å². The Morgan fingerprint density at radius 2 is 1.86 bits per heavy atom. The Morgan fingerprint density at radius 3 is 2.43 bits per heavy atom. The molecule has 21 heavy (non-hydrogen) atoms. The van der Waals surface area contributed by atoms with Gasteiger partial charge in [-0.1, -0.05) is 30.3 Å². The van der Waals surface area contributed by atoms with Gasteiger partial charge in [0.05, 0.1) is 7.11 Å². The van der Waals surface area contributed by atoms with Crippen molar-refractivity contribution in [2.45, 2.75) is 18.4 Å². The third kappa shape index (κ3) is 4.81. The summed E-state index contributed by atoms with van der Waals surface area (Å²) >= 11 is 0. The average molecular weight is 295 g/mol. The maximum Gasteiger partial charge on any atom is 0.330 e. The lowest BCUT2D eigenvalue weighted by Crippen LogP contribution is -2.49. The number of likely N-dealkylation sites (N-methyl/N-ethyl adjacent to an activating group) is 1. The number of benzene rings is 1. The van der Waals surface area contributed by atoms with Gasteiger partial charge < -0.3 is 19.5 Å². The van der Waals surface area contributed by atoms with Gasteiger partial charge in [0.1, 0.15) is 5.54 Å². The standard InChI is InChI=1S/C16H25NO4/c1-17-16(15(18)20-3,14-8-5-4-6-9-14)10-13-21-12-7-11-19-2/h4-6,8-9,17H,7,10-13H2,1-3H3. The Balaban J connectivity index is 2.71. The van der Waals surface area contributed by atoms with Crippen molar-refractivity contribution >= 4 is 5.97 Å². The maximum atomic E-state index is 12.3. The summed E-state index contributed by atoms with van der Waals surface area (Å²) in [6.45, 7) is 1.75. The van der Waals surface area contributed by atoms with Gasteiger partial charge in [-0.2, -0.15) is 0 Å². The van der Waals surface area contributed by atoms with E-state index in [2.05, 4.69) is 5.32 Å². The largest absolute Gasteiger partial charge is 0.467 e. The Bertz CT molecular complexity index is 410. The second-order valence-electron chi connectivity index (χ2n) is 4.72. The zero-order valence-electron chi connectivity index (χ0n) is 13.1. The molecule has 0 aromatic heterocycles. The number of hydrogen-bond donors (Lipinski definition) is 1. The Hall–Kier alpha value is -1.43. The first-order chi connectivity index (χ1) is 10.2. The topological polar surface area (TPSA) is 56.8 Å². The fourth-order valence-electron chi connectivity index (χ4n) is 2.27. The number of methoxy groups -OCH3 is 2. The number of ether oxygens (including phenoxy) is 3. The number of rotatable bonds is 10. The van der Waals surface area contributed by atoms with Crippen LogP contribution in [0.2, 0.25) is 0 Å². The highest BCUT2D eigenvalue weighted by molar-refractivity contribution is 5.82. The lowest BCUT2D eigenvalue weighted by molar-refractivity contribution is -0.150. The lowest BCUT2D eigenvalue weighted by Gasteiger charge is -2.31. The van der Waals surface area contributed by atoms with Crippen LogP contribution in [0.15, 0.2) is 30.3 Å². The van der Waals surface area contributed by atoms with Gasteiger partial charge in [0.15, 0.2) is 0 Å². The molecule has 0 amide bonds. The van der Waals surface area contributed by atoms with Crippen LogP contribution < -0.4 is 5.32 Å². The monoisotopic (exact) mass is 295 g/mol. The van der Waals surface area contributed by atoms with Crippen LogP contribution in [0.25, 0.3) is 0 Å². The first-order valence-corrected chi connectivity index (χ1v) is 7.11. The summed E-state index contributed by atoms with van der Waals surface area (Å²) in [4.78, 5) is 12.3. The average Bonchev–Trinajstić information content (AvgIpc) is 2.55. The summed E-state index contributed by atoms with van der Waals surface area (Å²) in [7, 11) is 4.82. The zero-order valence-corrected chi connectivity index (χ0v) is 13.1. The van der Waals surface area contributed by atoms with Crippen molar-refractivity contribution in [3.05, 3.63) is 35.9 Å². The molecule has 5 nitrogen and oxygen atoms in total. The summed E-state index contributed by atoms with van der Waals surface area (Å²) in [5.74, 6) is -0.309. The normalized spacial score (nSPS) is 13.7. The van der Waals surface area contributed by atoms with E-state index in [1.54, 1.807) is 14.2 Å². The van der Waals surface area contributed by atoms with Crippen LogP contribution in [0.3, 0.4) is 0 Å². The summed E-state index contributed by atoms with van der Waals surface area (Å²) in [6.07, 6.45) is 1.35. The van der Waals surface area contributed by atoms with Crippen molar-refractivity contribution in [1.29, 1.82) is 0 Å². The fraction of sp³-hybridized carbons (Fsp3) is 0.562. The van der Waals surface area contributed by atoms with Gasteiger partial charge in [0, 0.05) is 33.4 Å². The van der Waals surface area contributed by atoms with E-state index in [0.29, 0.717) is 26.2 Å². The van der Waals surface area contributed by atoms with Crippen LogP contribution in [0.4, 0.5) is 0 Å². The van der Waals surface area contributed by atoms with E-state index in [-0.39, 0.29) is 5.97 Å². The van der Waals surface area contributed by atoms with Gasteiger partial charge in [-0.25, -0.2) is 4.79 Å². The van der Waals surface area contributed by atoms with Crippen LogP contribution in [0.1, 0.15) is 18.4 Å². The molecule has 0 spiro atoms. The molecule has 1 atom stereocenters. The maximum absolute atomic E-state index is 12.3. The van der Waals surface area contributed by atoms with Gasteiger partial charge in [-0.05, 0) is 19.0 Å². The van der Waals surface area contributed by atoms with E-state index in [1.807, 2.05) is 30.3 Å². The Labute approximate surface area is 126 Å². The lowest BCUT2D eigenvalue weighted by atomic mass is 9.87. The molecule has 0 bridgehead atoms. The molecule has 0 aliphatic heterocycles. The second-order valence-corrected chi connectivity index (χ2v) is 4.72. The minimum Gasteiger partial charge on any atom is -0.467 e. The quantitative estimate of drug-likeness (QED) is 0.526. The van der Waals surface area contributed by atoms with Crippen molar-refractivity contribution in [2.24, 2.45) is 0 Å². The fourth-order valence-corrected chi connectivity index (χ4v) is 2.27. The summed E-state index contributed by atoms with van der Waals surface area (Å²) in [6, 6.07) is 9.56. The molecule has 1 aromatic rings. The van der Waals surface area contributed by atoms with Crippen LogP contribution in [0, 0.1) is 0 Å². The van der Waals surface area contributed by atoms with E-state index in [4.69, 9.17) is 14.2 Å². The van der Waals surface area contributed by atoms with Crippen molar-refractivity contribution in [2.75, 3.05) is 41.1 Å². The molecule has 5 heteroatoms. The first-order valence-electron chi connectivity index (χ1n) is 7.11. The highest BCUT2D eigenvalue weighted by atomic mass is 16.5. The van der Waals surface area contributed by atoms with Gasteiger partial charge in [-0.3, -0.25) is 0 Å². The minimum absolute atomic E-state index is 0.309. The molecule has 0 aliphatic carbocycles. The molecule has 0 saturated heterocycles. The van der Waals surface area contributed by atoms with Gasteiger partial charge in [-0.15, -0.1) is 0 Å². The number of esters is 1. The molecular weight excluding hydrogens is 270 g/mol. The van der Waals surface area contributed by atoms with Crippen molar-refractivity contribution in [3.63, 3.8) is 0 Å². The highest BCUT2D eigenvalue weighted by Crippen LogP contribution is 2.26. The summed E-state index contributed by atoms with van der Waals surface area (Å²) < 4.78 is 15.5. The van der Waals surface area contributed by atoms with E-state index in [9.17, 15) is 4.79 Å². The molecule has 1 N–H and O–H groups in total. The minimum atomic E-state index is -0.878. The third-order valence-corrected chi connectivity index (χ3v) is 3.49. The zero-order chi connectivity index (χ0) is 15.6. The number of nitrogens with one attached hydrogen (secondary N) is 1. The van der Waals surface area contributed by atoms with Crippen molar-refractivity contribution in [1.82, 2.24) is 5.32 Å². The van der Waals surface area contributed by atoms with Crippen LogP contribution >= 0.6 is 0 Å². The molecule has 0 fully saturated rings. The summed E-state index contributed by atoms with van der Waals surface area (Å²) in [5.41, 5.74) is -0.00286. The smallest absolute Gasteiger partial charge is 0.330 e. The first kappa shape index (κ1) is 17.6. The molecular formula is C16H25NO4. The third-order valence-electron chi connectivity index (χ3n) is 3.49. The molecule has 0 saturated carbocycles. The van der Waals surface area contributed by atoms with Crippen LogP contribution in [-0.2, 0) is 24.5 Å². The van der Waals surface area contributed by atoms with Gasteiger partial charge in [0.25, 0.3) is 0 Å². The van der Waals surface area contributed by atoms with E-state index in [0.717, 1.165) is 12.0 Å². The van der Waals surface area contributed by atoms with Gasteiger partial charge in [0.2, 0.25) is 0 Å². The number of carbonyl (C=O) groups excluding carboxylic acids is 1. The molecule has 1 rings (SSSR count). The van der Waals surface area contributed by atoms with Gasteiger partial charge >= 0.3 is 5.97 Å². The molecule has 1 unspecified atom stereocenters. The van der Waals surface area contributed by atoms with E-state index in [1.165, 1.54) is 7.11 Å². The molecule has 118 valence electrons. The van der Waals surface area contributed by atoms with Crippen molar-refractivity contribution in [3.8, 4) is 0 Å². The number of carbonyl (C=O) groups is 1. The van der Waals surface area contributed by atoms with Crippen LogP contribution in [0.5, 0.6) is 0 Å². The highest BCUT2D eigenvalue weighted by Gasteiger charge is 2.39. The molecule has 0 heterocycles. The summed E-state index contributed by atoms with van der Waals surface area (Å²) in [5, 5.41) is 3.11. The second kappa shape index (κ2) is 9.50. The van der Waals surface area contributed by atoms with E-state index < -0.39 is 5.54 Å². The predicted octanol–water partition coefficient (Wildman–Crippen LogP) is 1.72. The Morgan fingerprint density at radius 1 is 1.14 bits per heavy atom.